The van der Waals surface area contributed by atoms with E-state index in [1.807, 2.05) is 37.6 Å². The number of carbonyl (C=O) groups is 2. The van der Waals surface area contributed by atoms with Gasteiger partial charge in [-0.25, -0.2) is 0 Å². The fourth-order valence-electron chi connectivity index (χ4n) is 2.79. The van der Waals surface area contributed by atoms with Crippen LogP contribution in [-0.4, -0.2) is 72.3 Å². The van der Waals surface area contributed by atoms with E-state index in [0.29, 0.717) is 19.0 Å². The zero-order chi connectivity index (χ0) is 15.8. The first-order valence-corrected chi connectivity index (χ1v) is 8.37. The Bertz CT molecular complexity index is 334. The molecule has 122 valence electrons. The van der Waals surface area contributed by atoms with Crippen LogP contribution >= 0.6 is 0 Å². The van der Waals surface area contributed by atoms with Crippen LogP contribution in [0, 0.1) is 0 Å². The van der Waals surface area contributed by atoms with Crippen LogP contribution in [0.3, 0.4) is 0 Å². The van der Waals surface area contributed by atoms with E-state index in [0.717, 1.165) is 45.4 Å². The van der Waals surface area contributed by atoms with E-state index in [4.69, 9.17) is 0 Å². The van der Waals surface area contributed by atoms with Crippen LogP contribution in [0.2, 0.25) is 0 Å². The van der Waals surface area contributed by atoms with Crippen molar-refractivity contribution in [1.82, 2.24) is 14.7 Å². The van der Waals surface area contributed by atoms with E-state index < -0.39 is 0 Å². The third-order valence-electron chi connectivity index (χ3n) is 4.34. The minimum atomic E-state index is 0.248. The van der Waals surface area contributed by atoms with Crippen molar-refractivity contribution in [3.8, 4) is 0 Å². The van der Waals surface area contributed by atoms with Crippen molar-refractivity contribution < 1.29 is 9.59 Å². The zero-order valence-corrected chi connectivity index (χ0v) is 14.1. The summed E-state index contributed by atoms with van der Waals surface area (Å²) < 4.78 is 0. The first-order valence-electron chi connectivity index (χ1n) is 8.37. The molecule has 0 unspecified atom stereocenters. The summed E-state index contributed by atoms with van der Waals surface area (Å²) in [6.07, 6.45) is 3.70. The number of rotatable bonds is 4. The third-order valence-corrected chi connectivity index (χ3v) is 4.34. The molecule has 2 aliphatic heterocycles. The van der Waals surface area contributed by atoms with E-state index in [1.165, 1.54) is 0 Å². The number of amides is 2. The number of piperidine rings is 1. The van der Waals surface area contributed by atoms with E-state index in [-0.39, 0.29) is 11.8 Å². The van der Waals surface area contributed by atoms with Gasteiger partial charge in [-0.15, -0.1) is 0 Å². The molecule has 2 saturated heterocycles. The molecule has 0 spiro atoms. The second-order valence-corrected chi connectivity index (χ2v) is 5.61. The number of hydrogen-bond donors (Lipinski definition) is 0. The van der Waals surface area contributed by atoms with Gasteiger partial charge in [-0.3, -0.25) is 14.5 Å². The van der Waals surface area contributed by atoms with Crippen molar-refractivity contribution >= 4 is 11.8 Å². The molecule has 21 heavy (non-hydrogen) atoms. The summed E-state index contributed by atoms with van der Waals surface area (Å²) in [6.45, 7) is 9.95. The van der Waals surface area contributed by atoms with Gasteiger partial charge < -0.3 is 9.80 Å². The second kappa shape index (κ2) is 9.03. The first-order chi connectivity index (χ1) is 10.1. The van der Waals surface area contributed by atoms with Gasteiger partial charge >= 0.3 is 0 Å². The molecular weight excluding hydrogens is 266 g/mol. The van der Waals surface area contributed by atoms with Gasteiger partial charge in [0.2, 0.25) is 11.8 Å². The highest BCUT2D eigenvalue weighted by Gasteiger charge is 2.27. The van der Waals surface area contributed by atoms with Gasteiger partial charge in [0.1, 0.15) is 0 Å². The van der Waals surface area contributed by atoms with E-state index in [9.17, 15) is 9.59 Å². The highest BCUT2D eigenvalue weighted by atomic mass is 16.2. The van der Waals surface area contributed by atoms with Gasteiger partial charge in [0.25, 0.3) is 0 Å². The monoisotopic (exact) mass is 297 g/mol. The van der Waals surface area contributed by atoms with Gasteiger partial charge in [0, 0.05) is 38.6 Å². The Labute approximate surface area is 129 Å². The average Bonchev–Trinajstić information content (AvgIpc) is 2.46. The predicted molar refractivity (Wildman–Crippen MR) is 85.1 cm³/mol. The lowest BCUT2D eigenvalue weighted by Gasteiger charge is -2.38. The van der Waals surface area contributed by atoms with Crippen molar-refractivity contribution in [3.63, 3.8) is 0 Å². The molecule has 0 atom stereocenters. The van der Waals surface area contributed by atoms with Crippen LogP contribution in [-0.2, 0) is 9.59 Å². The molecule has 2 fully saturated rings. The smallest absolute Gasteiger partial charge is 0.236 e. The van der Waals surface area contributed by atoms with Crippen molar-refractivity contribution in [2.24, 2.45) is 0 Å². The van der Waals surface area contributed by atoms with Crippen LogP contribution in [0.4, 0.5) is 0 Å². The van der Waals surface area contributed by atoms with Crippen molar-refractivity contribution in [2.45, 2.75) is 52.5 Å². The summed E-state index contributed by atoms with van der Waals surface area (Å²) in [5, 5.41) is 0. The molecule has 0 aromatic heterocycles. The molecule has 0 bridgehead atoms. The minimum Gasteiger partial charge on any atom is -0.343 e. The van der Waals surface area contributed by atoms with E-state index >= 15 is 0 Å². The van der Waals surface area contributed by atoms with Gasteiger partial charge in [0.05, 0.1) is 6.54 Å². The quantitative estimate of drug-likeness (QED) is 0.791. The molecule has 0 aromatic carbocycles. The first kappa shape index (κ1) is 18.0. The van der Waals surface area contributed by atoms with Crippen LogP contribution in [0.1, 0.15) is 46.5 Å². The Morgan fingerprint density at radius 1 is 1.00 bits per heavy atom. The zero-order valence-electron chi connectivity index (χ0n) is 14.1. The Morgan fingerprint density at radius 3 is 1.95 bits per heavy atom. The van der Waals surface area contributed by atoms with Gasteiger partial charge in [-0.2, -0.15) is 0 Å². The SMILES string of the molecule is CC.CCC(=O)N1CCC(N(C)CC(=O)N2CCC2)CC1. The largest absolute Gasteiger partial charge is 0.343 e. The fourth-order valence-corrected chi connectivity index (χ4v) is 2.79. The molecule has 5 nitrogen and oxygen atoms in total. The fraction of sp³-hybridized carbons (Fsp3) is 0.875. The van der Waals surface area contributed by atoms with Gasteiger partial charge in [-0.1, -0.05) is 20.8 Å². The Hall–Kier alpha value is -1.10. The highest BCUT2D eigenvalue weighted by Crippen LogP contribution is 2.17. The number of hydrogen-bond acceptors (Lipinski definition) is 3. The Balaban J connectivity index is 0.00000106. The van der Waals surface area contributed by atoms with Gasteiger partial charge in [0.15, 0.2) is 0 Å². The number of likely N-dealkylation sites (N-methyl/N-ethyl adjacent to an activating group) is 1. The maximum Gasteiger partial charge on any atom is 0.236 e. The Kier molecular flexibility index (Phi) is 7.72. The lowest BCUT2D eigenvalue weighted by Crippen LogP contribution is -2.50. The maximum atomic E-state index is 11.9. The lowest BCUT2D eigenvalue weighted by molar-refractivity contribution is -0.137. The predicted octanol–water partition coefficient (Wildman–Crippen LogP) is 1.58. The van der Waals surface area contributed by atoms with Crippen molar-refractivity contribution in [3.05, 3.63) is 0 Å². The second-order valence-electron chi connectivity index (χ2n) is 5.61. The summed E-state index contributed by atoms with van der Waals surface area (Å²) in [6, 6.07) is 0.436. The summed E-state index contributed by atoms with van der Waals surface area (Å²) in [5.41, 5.74) is 0. The van der Waals surface area contributed by atoms with Crippen LogP contribution in [0.15, 0.2) is 0 Å². The molecule has 2 amide bonds. The molecule has 2 rings (SSSR count). The highest BCUT2D eigenvalue weighted by molar-refractivity contribution is 5.79. The third kappa shape index (κ3) is 4.99. The summed E-state index contributed by atoms with van der Waals surface area (Å²) in [7, 11) is 2.03. The maximum absolute atomic E-state index is 11.9. The summed E-state index contributed by atoms with van der Waals surface area (Å²) in [5.74, 6) is 0.499. The van der Waals surface area contributed by atoms with Crippen molar-refractivity contribution in [1.29, 1.82) is 0 Å². The molecule has 0 aliphatic carbocycles. The van der Waals surface area contributed by atoms with E-state index in [1.54, 1.807) is 0 Å². The van der Waals surface area contributed by atoms with Crippen LogP contribution < -0.4 is 0 Å². The topological polar surface area (TPSA) is 43.9 Å². The molecular formula is C16H31N3O2. The standard InChI is InChI=1S/C14H25N3O2.C2H6/c1-3-13(18)17-9-5-12(6-10-17)15(2)11-14(19)16-7-4-8-16;1-2/h12H,3-11H2,1-2H3;1-2H3. The number of likely N-dealkylation sites (tertiary alicyclic amines) is 2. The average molecular weight is 297 g/mol. The van der Waals surface area contributed by atoms with Crippen LogP contribution in [0.5, 0.6) is 0 Å². The molecule has 0 aromatic rings. The molecule has 0 saturated carbocycles. The molecule has 0 N–H and O–H groups in total. The Morgan fingerprint density at radius 2 is 1.52 bits per heavy atom. The minimum absolute atomic E-state index is 0.248. The van der Waals surface area contributed by atoms with E-state index in [2.05, 4.69) is 4.90 Å². The molecule has 2 heterocycles. The molecule has 0 radical (unpaired) electrons. The number of nitrogens with zero attached hydrogens (tertiary/aromatic N) is 3. The molecule has 5 heteroatoms. The van der Waals surface area contributed by atoms with Crippen LogP contribution in [0.25, 0.3) is 0 Å². The van der Waals surface area contributed by atoms with Gasteiger partial charge in [-0.05, 0) is 26.3 Å². The summed E-state index contributed by atoms with van der Waals surface area (Å²) >= 11 is 0. The van der Waals surface area contributed by atoms with Crippen molar-refractivity contribution in [2.75, 3.05) is 39.8 Å². The molecule has 2 aliphatic rings. The number of carbonyl (C=O) groups excluding carboxylic acids is 2. The normalized spacial score (nSPS) is 18.9. The summed E-state index contributed by atoms with van der Waals surface area (Å²) in [4.78, 5) is 29.6. The lowest BCUT2D eigenvalue weighted by atomic mass is 10.0.